The van der Waals surface area contributed by atoms with Crippen LogP contribution < -0.4 is 5.56 Å². The van der Waals surface area contributed by atoms with Crippen molar-refractivity contribution < 1.29 is 4.79 Å². The third-order valence-corrected chi connectivity index (χ3v) is 2.82. The minimum Gasteiger partial charge on any atom is -0.312 e. The lowest BCUT2D eigenvalue weighted by molar-refractivity contribution is -0.109. The third-order valence-electron chi connectivity index (χ3n) is 2.05. The van der Waals surface area contributed by atoms with Crippen molar-refractivity contribution >= 4 is 34.0 Å². The van der Waals surface area contributed by atoms with E-state index in [0.29, 0.717) is 22.5 Å². The summed E-state index contributed by atoms with van der Waals surface area (Å²) >= 11 is 1.20. The lowest BCUT2D eigenvalue weighted by atomic mass is 10.3. The molecule has 0 fully saturated rings. The monoisotopic (exact) mass is 250 g/mol. The van der Waals surface area contributed by atoms with Gasteiger partial charge in [0.25, 0.3) is 5.56 Å². The summed E-state index contributed by atoms with van der Waals surface area (Å²) in [6.07, 6.45) is 4.83. The Balaban J connectivity index is 2.25. The number of carbonyl (C=O) groups is 1. The summed E-state index contributed by atoms with van der Waals surface area (Å²) in [5, 5.41) is 7.13. The highest BCUT2D eigenvalue weighted by atomic mass is 32.2. The van der Waals surface area contributed by atoms with Crippen LogP contribution in [0.4, 0.5) is 0 Å². The number of hydrogen-bond acceptors (Lipinski definition) is 5. The largest absolute Gasteiger partial charge is 0.312 e. The lowest BCUT2D eigenvalue weighted by Crippen LogP contribution is -2.05. The number of aromatic amines is 2. The minimum absolute atomic E-state index is 0.0589. The maximum absolute atomic E-state index is 11.6. The molecule has 0 aliphatic heterocycles. The van der Waals surface area contributed by atoms with Crippen molar-refractivity contribution in [1.29, 1.82) is 0 Å². The summed E-state index contributed by atoms with van der Waals surface area (Å²) in [5.41, 5.74) is 0.744. The first kappa shape index (κ1) is 11.6. The normalized spacial score (nSPS) is 11.4. The summed E-state index contributed by atoms with van der Waals surface area (Å²) in [5.74, 6) is 0.564. The van der Waals surface area contributed by atoms with Crippen molar-refractivity contribution in [1.82, 2.24) is 20.2 Å². The van der Waals surface area contributed by atoms with Gasteiger partial charge >= 0.3 is 0 Å². The molecule has 0 radical (unpaired) electrons. The van der Waals surface area contributed by atoms with Gasteiger partial charge in [-0.15, -0.1) is 0 Å². The molecular weight excluding hydrogens is 240 g/mol. The van der Waals surface area contributed by atoms with Crippen LogP contribution in [0, 0.1) is 0 Å². The number of nitrogens with zero attached hydrogens (tertiary/aromatic N) is 2. The zero-order valence-corrected chi connectivity index (χ0v) is 9.87. The van der Waals surface area contributed by atoms with E-state index in [-0.39, 0.29) is 10.7 Å². The smallest absolute Gasteiger partial charge is 0.262 e. The number of hydrogen-bond donors (Lipinski definition) is 2. The molecule has 2 rings (SSSR count). The molecule has 0 aliphatic rings. The molecule has 0 spiro atoms. The van der Waals surface area contributed by atoms with Gasteiger partial charge in [-0.3, -0.25) is 14.7 Å². The van der Waals surface area contributed by atoms with Crippen molar-refractivity contribution in [2.24, 2.45) is 0 Å². The number of nitrogens with one attached hydrogen (secondary N) is 2. The minimum atomic E-state index is -0.234. The van der Waals surface area contributed by atoms with E-state index in [1.807, 2.05) is 0 Å². The molecule has 0 atom stereocenters. The molecule has 2 heterocycles. The second-order valence-electron chi connectivity index (χ2n) is 3.27. The molecule has 0 aliphatic carbocycles. The standard InChI is InChI=1S/C10H10N4O2S/c1-6(15)17-4-2-3-7-8-9(14-13-7)11-5-12-10(8)16/h2-3,5H,4H2,1H3,(H2,11,12,13,14,16). The van der Waals surface area contributed by atoms with E-state index in [2.05, 4.69) is 20.2 Å². The van der Waals surface area contributed by atoms with Gasteiger partial charge in [0, 0.05) is 12.7 Å². The van der Waals surface area contributed by atoms with Gasteiger partial charge in [-0.05, 0) is 6.08 Å². The summed E-state index contributed by atoms with van der Waals surface area (Å²) in [6.45, 7) is 1.51. The van der Waals surface area contributed by atoms with Crippen LogP contribution in [0.25, 0.3) is 17.1 Å². The van der Waals surface area contributed by atoms with Crippen LogP contribution in [0.1, 0.15) is 12.6 Å². The van der Waals surface area contributed by atoms with Gasteiger partial charge in [-0.2, -0.15) is 5.10 Å². The summed E-state index contributed by atoms with van der Waals surface area (Å²) in [7, 11) is 0. The highest BCUT2D eigenvalue weighted by Gasteiger charge is 2.06. The van der Waals surface area contributed by atoms with Crippen LogP contribution >= 0.6 is 11.8 Å². The first-order valence-electron chi connectivity index (χ1n) is 4.90. The van der Waals surface area contributed by atoms with E-state index in [9.17, 15) is 9.59 Å². The van der Waals surface area contributed by atoms with Crippen molar-refractivity contribution in [2.75, 3.05) is 5.75 Å². The fourth-order valence-corrected chi connectivity index (χ4v) is 1.77. The second kappa shape index (κ2) is 4.96. The molecule has 0 unspecified atom stereocenters. The lowest BCUT2D eigenvalue weighted by Gasteiger charge is -1.89. The molecule has 88 valence electrons. The van der Waals surface area contributed by atoms with Gasteiger partial charge in [0.2, 0.25) is 0 Å². The summed E-state index contributed by atoms with van der Waals surface area (Å²) in [6, 6.07) is 0. The van der Waals surface area contributed by atoms with Crippen LogP contribution in [0.2, 0.25) is 0 Å². The maximum Gasteiger partial charge on any atom is 0.262 e. The van der Waals surface area contributed by atoms with Crippen LogP contribution in [-0.2, 0) is 4.79 Å². The maximum atomic E-state index is 11.6. The Labute approximate surface area is 101 Å². The van der Waals surface area contributed by atoms with Gasteiger partial charge in [0.05, 0.1) is 12.0 Å². The first-order chi connectivity index (χ1) is 8.18. The molecule has 0 saturated heterocycles. The SMILES string of the molecule is CC(=O)SCC=Cc1[nH]nc2nc[nH]c(=O)c12. The Morgan fingerprint density at radius 3 is 3.18 bits per heavy atom. The topological polar surface area (TPSA) is 91.5 Å². The van der Waals surface area contributed by atoms with E-state index in [4.69, 9.17) is 0 Å². The molecule has 0 bridgehead atoms. The first-order valence-corrected chi connectivity index (χ1v) is 5.88. The molecule has 17 heavy (non-hydrogen) atoms. The molecule has 0 aromatic carbocycles. The Morgan fingerprint density at radius 1 is 1.59 bits per heavy atom. The Bertz CT molecular complexity index is 629. The van der Waals surface area contributed by atoms with Gasteiger partial charge in [-0.1, -0.05) is 17.8 Å². The van der Waals surface area contributed by atoms with E-state index < -0.39 is 0 Å². The van der Waals surface area contributed by atoms with Crippen molar-refractivity contribution in [3.8, 4) is 0 Å². The van der Waals surface area contributed by atoms with Gasteiger partial charge in [0.1, 0.15) is 5.39 Å². The van der Waals surface area contributed by atoms with Crippen molar-refractivity contribution in [3.05, 3.63) is 28.5 Å². The number of rotatable bonds is 3. The average Bonchev–Trinajstić information content (AvgIpc) is 2.69. The fourth-order valence-electron chi connectivity index (χ4n) is 1.34. The zero-order chi connectivity index (χ0) is 12.3. The van der Waals surface area contributed by atoms with E-state index in [1.54, 1.807) is 12.2 Å². The summed E-state index contributed by atoms with van der Waals surface area (Å²) < 4.78 is 0. The van der Waals surface area contributed by atoms with Gasteiger partial charge in [0.15, 0.2) is 10.8 Å². The average molecular weight is 250 g/mol. The van der Waals surface area contributed by atoms with Crippen molar-refractivity contribution in [2.45, 2.75) is 6.92 Å². The predicted octanol–water partition coefficient (Wildman–Crippen LogP) is 0.939. The number of thioether (sulfide) groups is 1. The zero-order valence-electron chi connectivity index (χ0n) is 9.06. The quantitative estimate of drug-likeness (QED) is 0.845. The van der Waals surface area contributed by atoms with E-state index >= 15 is 0 Å². The number of aromatic nitrogens is 4. The van der Waals surface area contributed by atoms with Crippen molar-refractivity contribution in [3.63, 3.8) is 0 Å². The number of carbonyl (C=O) groups excluding carboxylic acids is 1. The summed E-state index contributed by atoms with van der Waals surface area (Å²) in [4.78, 5) is 28.7. The third kappa shape index (κ3) is 2.62. The molecule has 6 nitrogen and oxygen atoms in total. The van der Waals surface area contributed by atoms with Crippen LogP contribution in [0.5, 0.6) is 0 Å². The molecule has 0 saturated carbocycles. The molecule has 2 aromatic heterocycles. The fraction of sp³-hybridized carbons (Fsp3) is 0.200. The Kier molecular flexibility index (Phi) is 3.38. The van der Waals surface area contributed by atoms with Gasteiger partial charge < -0.3 is 4.98 Å². The highest BCUT2D eigenvalue weighted by molar-refractivity contribution is 8.13. The van der Waals surface area contributed by atoms with Gasteiger partial charge in [-0.25, -0.2) is 4.98 Å². The second-order valence-corrected chi connectivity index (χ2v) is 4.47. The molecular formula is C10H10N4O2S. The highest BCUT2D eigenvalue weighted by Crippen LogP contribution is 2.10. The molecule has 0 amide bonds. The predicted molar refractivity (Wildman–Crippen MR) is 66.7 cm³/mol. The number of fused-ring (bicyclic) bond motifs is 1. The van der Waals surface area contributed by atoms with Crippen LogP contribution in [0.3, 0.4) is 0 Å². The van der Waals surface area contributed by atoms with E-state index in [1.165, 1.54) is 25.0 Å². The molecule has 2 N–H and O–H groups in total. The van der Waals surface area contributed by atoms with E-state index in [0.717, 1.165) is 0 Å². The Morgan fingerprint density at radius 2 is 2.41 bits per heavy atom. The Hall–Kier alpha value is -1.89. The van der Waals surface area contributed by atoms with Crippen LogP contribution in [0.15, 0.2) is 17.2 Å². The molecule has 2 aromatic rings. The molecule has 7 heteroatoms. The van der Waals surface area contributed by atoms with Crippen LogP contribution in [-0.4, -0.2) is 31.0 Å². The number of H-pyrrole nitrogens is 2.